The molecule has 37 heavy (non-hydrogen) atoms. The molecular weight excluding hydrogens is 496 g/mol. The van der Waals surface area contributed by atoms with Crippen LogP contribution in [0.2, 0.25) is 5.02 Å². The Morgan fingerprint density at radius 3 is 2.65 bits per heavy atom. The normalized spacial score (nSPS) is 14.1. The molecule has 0 unspecified atom stereocenters. The van der Waals surface area contributed by atoms with Crippen LogP contribution in [-0.2, 0) is 0 Å². The maximum absolute atomic E-state index is 13.0. The van der Waals surface area contributed by atoms with Gasteiger partial charge in [-0.2, -0.15) is 0 Å². The number of nitrogens with zero attached hydrogens (tertiary/aromatic N) is 3. The van der Waals surface area contributed by atoms with E-state index in [4.69, 9.17) is 20.8 Å². The molecule has 190 valence electrons. The standard InChI is InChI=1S/C27H25ClN4O5/c1-16-9-11-31(12-10-16)22-6-3-17(14-23(22)32(34)35)26(33)29-19-5-8-25-21(15-19)30-27(37-25)18-4-7-24(36-2)20(28)13-18/h3-8,13-16H,9-12H2,1-2H3,(H,29,33). The lowest BCUT2D eigenvalue weighted by atomic mass is 9.98. The second kappa shape index (κ2) is 10.1. The van der Waals surface area contributed by atoms with E-state index in [2.05, 4.69) is 17.2 Å². The number of amides is 1. The van der Waals surface area contributed by atoms with Gasteiger partial charge in [-0.1, -0.05) is 18.5 Å². The Morgan fingerprint density at radius 2 is 1.95 bits per heavy atom. The molecular formula is C27H25ClN4O5. The highest BCUT2D eigenvalue weighted by Gasteiger charge is 2.25. The minimum atomic E-state index is -0.452. The predicted molar refractivity (Wildman–Crippen MR) is 143 cm³/mol. The molecule has 0 radical (unpaired) electrons. The Bertz CT molecular complexity index is 1490. The summed E-state index contributed by atoms with van der Waals surface area (Å²) in [5.74, 6) is 1.08. The van der Waals surface area contributed by atoms with Gasteiger partial charge in [0, 0.05) is 36.0 Å². The number of methoxy groups -OCH3 is 1. The van der Waals surface area contributed by atoms with Crippen molar-refractivity contribution in [2.24, 2.45) is 5.92 Å². The Kier molecular flexibility index (Phi) is 6.71. The summed E-state index contributed by atoms with van der Waals surface area (Å²) in [4.78, 5) is 30.9. The van der Waals surface area contributed by atoms with Gasteiger partial charge in [-0.05, 0) is 67.3 Å². The van der Waals surface area contributed by atoms with Crippen LogP contribution in [0.3, 0.4) is 0 Å². The molecule has 9 nitrogen and oxygen atoms in total. The van der Waals surface area contributed by atoms with Crippen molar-refractivity contribution >= 4 is 45.7 Å². The second-order valence-electron chi connectivity index (χ2n) is 9.14. The molecule has 1 saturated heterocycles. The van der Waals surface area contributed by atoms with Gasteiger partial charge in [0.05, 0.1) is 17.1 Å². The van der Waals surface area contributed by atoms with Crippen LogP contribution in [0.5, 0.6) is 5.75 Å². The zero-order valence-corrected chi connectivity index (χ0v) is 21.1. The first-order valence-electron chi connectivity index (χ1n) is 11.9. The number of halogens is 1. The van der Waals surface area contributed by atoms with E-state index in [0.29, 0.717) is 50.6 Å². The number of carbonyl (C=O) groups excluding carboxylic acids is 1. The van der Waals surface area contributed by atoms with Crippen LogP contribution in [0, 0.1) is 16.0 Å². The molecule has 1 aliphatic heterocycles. The molecule has 0 spiro atoms. The van der Waals surface area contributed by atoms with Crippen molar-refractivity contribution in [1.29, 1.82) is 0 Å². The summed E-state index contributed by atoms with van der Waals surface area (Å²) in [6.07, 6.45) is 1.97. The van der Waals surface area contributed by atoms with Crippen molar-refractivity contribution in [1.82, 2.24) is 4.98 Å². The Morgan fingerprint density at radius 1 is 1.16 bits per heavy atom. The number of fused-ring (bicyclic) bond motifs is 1. The van der Waals surface area contributed by atoms with Gasteiger partial charge in [-0.3, -0.25) is 14.9 Å². The molecule has 1 N–H and O–H groups in total. The molecule has 0 saturated carbocycles. The first-order chi connectivity index (χ1) is 17.8. The van der Waals surface area contributed by atoms with E-state index in [0.717, 1.165) is 25.9 Å². The minimum Gasteiger partial charge on any atom is -0.495 e. The van der Waals surface area contributed by atoms with E-state index < -0.39 is 10.8 Å². The van der Waals surface area contributed by atoms with E-state index >= 15 is 0 Å². The number of anilines is 2. The summed E-state index contributed by atoms with van der Waals surface area (Å²) in [5.41, 5.74) is 2.93. The fourth-order valence-electron chi connectivity index (χ4n) is 4.46. The van der Waals surface area contributed by atoms with Crippen LogP contribution in [0.25, 0.3) is 22.6 Å². The number of carbonyl (C=O) groups is 1. The van der Waals surface area contributed by atoms with Gasteiger partial charge < -0.3 is 19.4 Å². The monoisotopic (exact) mass is 520 g/mol. The average Bonchev–Trinajstić information content (AvgIpc) is 3.32. The third kappa shape index (κ3) is 5.08. The molecule has 5 rings (SSSR count). The topological polar surface area (TPSA) is 111 Å². The summed E-state index contributed by atoms with van der Waals surface area (Å²) in [5, 5.41) is 15.0. The number of nitrogens with one attached hydrogen (secondary N) is 1. The largest absolute Gasteiger partial charge is 0.495 e. The molecule has 0 aliphatic carbocycles. The predicted octanol–water partition coefficient (Wildman–Crippen LogP) is 6.55. The van der Waals surface area contributed by atoms with Crippen molar-refractivity contribution in [2.45, 2.75) is 19.8 Å². The summed E-state index contributed by atoms with van der Waals surface area (Å²) in [6.45, 7) is 3.71. The molecule has 0 bridgehead atoms. The zero-order chi connectivity index (χ0) is 26.1. The fraction of sp³-hybridized carbons (Fsp3) is 0.259. The Balaban J connectivity index is 1.36. The third-order valence-electron chi connectivity index (χ3n) is 6.60. The number of aromatic nitrogens is 1. The Labute approximate surface area is 218 Å². The van der Waals surface area contributed by atoms with E-state index in [1.54, 1.807) is 48.5 Å². The number of piperidine rings is 1. The first-order valence-corrected chi connectivity index (χ1v) is 12.3. The third-order valence-corrected chi connectivity index (χ3v) is 6.90. The summed E-state index contributed by atoms with van der Waals surface area (Å²) >= 11 is 6.22. The molecule has 1 fully saturated rings. The van der Waals surface area contributed by atoms with E-state index in [9.17, 15) is 14.9 Å². The zero-order valence-electron chi connectivity index (χ0n) is 20.4. The number of nitro groups is 1. The lowest BCUT2D eigenvalue weighted by molar-refractivity contribution is -0.384. The van der Waals surface area contributed by atoms with Crippen LogP contribution in [0.4, 0.5) is 17.1 Å². The van der Waals surface area contributed by atoms with Crippen molar-refractivity contribution < 1.29 is 18.9 Å². The van der Waals surface area contributed by atoms with Crippen LogP contribution < -0.4 is 15.0 Å². The highest BCUT2D eigenvalue weighted by molar-refractivity contribution is 6.32. The van der Waals surface area contributed by atoms with E-state index in [1.807, 2.05) is 4.90 Å². The van der Waals surface area contributed by atoms with Crippen LogP contribution in [0.1, 0.15) is 30.1 Å². The number of benzene rings is 3. The molecule has 2 heterocycles. The van der Waals surface area contributed by atoms with Gasteiger partial charge in [0.15, 0.2) is 5.58 Å². The molecule has 4 aromatic rings. The fourth-order valence-corrected chi connectivity index (χ4v) is 4.72. The van der Waals surface area contributed by atoms with Crippen molar-refractivity contribution in [3.05, 3.63) is 75.3 Å². The van der Waals surface area contributed by atoms with Gasteiger partial charge in [-0.25, -0.2) is 4.98 Å². The smallest absolute Gasteiger partial charge is 0.293 e. The lowest BCUT2D eigenvalue weighted by Crippen LogP contribution is -2.33. The average molecular weight is 521 g/mol. The van der Waals surface area contributed by atoms with Gasteiger partial charge in [0.1, 0.15) is 17.0 Å². The minimum absolute atomic E-state index is 0.0723. The number of hydrogen-bond donors (Lipinski definition) is 1. The number of oxazole rings is 1. The SMILES string of the molecule is COc1ccc(-c2nc3cc(NC(=O)c4ccc(N5CCC(C)CC5)c([N+](=O)[O-])c4)ccc3o2)cc1Cl. The maximum Gasteiger partial charge on any atom is 0.293 e. The maximum atomic E-state index is 13.0. The lowest BCUT2D eigenvalue weighted by Gasteiger charge is -2.31. The Hall–Kier alpha value is -4.11. The van der Waals surface area contributed by atoms with Gasteiger partial charge in [0.25, 0.3) is 11.6 Å². The summed E-state index contributed by atoms with van der Waals surface area (Å²) < 4.78 is 11.0. The van der Waals surface area contributed by atoms with Crippen LogP contribution >= 0.6 is 11.6 Å². The van der Waals surface area contributed by atoms with Gasteiger partial charge in [0.2, 0.25) is 5.89 Å². The van der Waals surface area contributed by atoms with E-state index in [-0.39, 0.29) is 11.3 Å². The highest BCUT2D eigenvalue weighted by Crippen LogP contribution is 2.34. The molecule has 10 heteroatoms. The van der Waals surface area contributed by atoms with E-state index in [1.165, 1.54) is 13.2 Å². The molecule has 1 amide bonds. The number of rotatable bonds is 6. The van der Waals surface area contributed by atoms with Crippen molar-refractivity contribution in [3.63, 3.8) is 0 Å². The molecule has 1 aliphatic rings. The molecule has 1 aromatic heterocycles. The highest BCUT2D eigenvalue weighted by atomic mass is 35.5. The number of hydrogen-bond acceptors (Lipinski definition) is 7. The number of nitro benzene ring substituents is 1. The van der Waals surface area contributed by atoms with Gasteiger partial charge in [-0.15, -0.1) is 0 Å². The van der Waals surface area contributed by atoms with Crippen LogP contribution in [0.15, 0.2) is 59.0 Å². The quantitative estimate of drug-likeness (QED) is 0.226. The summed E-state index contributed by atoms with van der Waals surface area (Å²) in [7, 11) is 1.54. The second-order valence-corrected chi connectivity index (χ2v) is 9.54. The molecule has 3 aromatic carbocycles. The number of ether oxygens (including phenoxy) is 1. The van der Waals surface area contributed by atoms with Crippen molar-refractivity contribution in [2.75, 3.05) is 30.4 Å². The first kappa shape index (κ1) is 24.6. The van der Waals surface area contributed by atoms with Gasteiger partial charge >= 0.3 is 0 Å². The molecule has 0 atom stereocenters. The van der Waals surface area contributed by atoms with Crippen LogP contribution in [-0.4, -0.2) is 36.0 Å². The van der Waals surface area contributed by atoms with Crippen molar-refractivity contribution in [3.8, 4) is 17.2 Å². The summed E-state index contributed by atoms with van der Waals surface area (Å²) in [6, 6.07) is 14.9.